The highest BCUT2D eigenvalue weighted by Gasteiger charge is 2.37. The van der Waals surface area contributed by atoms with Crippen LogP contribution in [0.5, 0.6) is 0 Å². The molecule has 3 aromatic heterocycles. The minimum atomic E-state index is -0.383. The van der Waals surface area contributed by atoms with E-state index in [0.717, 1.165) is 58.9 Å². The van der Waals surface area contributed by atoms with Gasteiger partial charge in [-0.05, 0) is 74.6 Å². The molecule has 0 saturated carbocycles. The van der Waals surface area contributed by atoms with E-state index in [1.54, 1.807) is 19.3 Å². The minimum Gasteiger partial charge on any atom is -0.466 e. The monoisotopic (exact) mass is 482 g/mol. The summed E-state index contributed by atoms with van der Waals surface area (Å²) in [4.78, 5) is 41.3. The molecule has 5 rings (SSSR count). The summed E-state index contributed by atoms with van der Waals surface area (Å²) in [5.41, 5.74) is 3.50. The largest absolute Gasteiger partial charge is 0.466 e. The zero-order valence-corrected chi connectivity index (χ0v) is 20.5. The van der Waals surface area contributed by atoms with E-state index in [9.17, 15) is 9.59 Å². The van der Waals surface area contributed by atoms with E-state index in [1.807, 2.05) is 59.5 Å². The first-order valence-corrected chi connectivity index (χ1v) is 12.6. The van der Waals surface area contributed by atoms with Crippen LogP contribution in [0.1, 0.15) is 49.9 Å². The van der Waals surface area contributed by atoms with Gasteiger partial charge in [0.2, 0.25) is 5.91 Å². The molecule has 2 atom stereocenters. The van der Waals surface area contributed by atoms with Gasteiger partial charge < -0.3 is 9.64 Å². The van der Waals surface area contributed by atoms with Crippen LogP contribution in [-0.4, -0.2) is 44.9 Å². The molecule has 36 heavy (non-hydrogen) atoms. The van der Waals surface area contributed by atoms with E-state index in [4.69, 9.17) is 4.74 Å². The number of fused-ring (bicyclic) bond motifs is 2. The third kappa shape index (κ3) is 5.20. The van der Waals surface area contributed by atoms with Crippen molar-refractivity contribution in [2.24, 2.45) is 5.92 Å². The van der Waals surface area contributed by atoms with Crippen molar-refractivity contribution in [2.45, 2.75) is 45.1 Å². The van der Waals surface area contributed by atoms with Crippen LogP contribution in [0.25, 0.3) is 21.9 Å². The quantitative estimate of drug-likeness (QED) is 0.311. The fourth-order valence-corrected chi connectivity index (χ4v) is 5.06. The summed E-state index contributed by atoms with van der Waals surface area (Å²) in [5.74, 6) is -0.254. The third-order valence-electron chi connectivity index (χ3n) is 6.90. The van der Waals surface area contributed by atoms with Crippen LogP contribution < -0.4 is 0 Å². The number of para-hydroxylation sites is 1. The number of pyridine rings is 3. The van der Waals surface area contributed by atoms with Crippen molar-refractivity contribution >= 4 is 33.8 Å². The molecule has 1 saturated heterocycles. The molecule has 1 amide bonds. The van der Waals surface area contributed by atoms with Gasteiger partial charge in [0, 0.05) is 41.3 Å². The predicted molar refractivity (Wildman–Crippen MR) is 138 cm³/mol. The van der Waals surface area contributed by atoms with Gasteiger partial charge >= 0.3 is 5.97 Å². The molecule has 1 aromatic carbocycles. The number of carbonyl (C=O) groups excluding carboxylic acids is 2. The van der Waals surface area contributed by atoms with Crippen molar-refractivity contribution in [2.75, 3.05) is 13.2 Å². The Morgan fingerprint density at radius 1 is 1.11 bits per heavy atom. The van der Waals surface area contributed by atoms with Gasteiger partial charge in [-0.15, -0.1) is 0 Å². The van der Waals surface area contributed by atoms with Gasteiger partial charge in [-0.25, -0.2) is 9.97 Å². The number of aromatic nitrogens is 3. The second-order valence-electron chi connectivity index (χ2n) is 9.25. The lowest BCUT2D eigenvalue weighted by atomic mass is 9.99. The van der Waals surface area contributed by atoms with Crippen LogP contribution >= 0.6 is 0 Å². The standard InChI is InChI=1S/C29H30N4O3/c1-2-36-27(34)18-26(23-17-22-7-3-4-11-25(22)31-19-23)33-16-14-21(29(33)35)8-5-10-24-13-12-20-9-6-15-30-28(20)32-24/h3-4,6-7,9,11-13,15,17,19,21,26H,2,5,8,10,14,16,18H2,1H3/t21?,26-/m0/s1. The van der Waals surface area contributed by atoms with Crippen molar-refractivity contribution in [1.29, 1.82) is 0 Å². The molecule has 1 aliphatic heterocycles. The van der Waals surface area contributed by atoms with E-state index in [-0.39, 0.29) is 30.3 Å². The molecular formula is C29H30N4O3. The molecule has 7 nitrogen and oxygen atoms in total. The number of hydrogen-bond acceptors (Lipinski definition) is 6. The average molecular weight is 483 g/mol. The Labute approximate surface area is 210 Å². The van der Waals surface area contributed by atoms with Gasteiger partial charge in [-0.1, -0.05) is 18.2 Å². The highest BCUT2D eigenvalue weighted by Crippen LogP contribution is 2.34. The summed E-state index contributed by atoms with van der Waals surface area (Å²) in [7, 11) is 0. The number of nitrogens with zero attached hydrogens (tertiary/aromatic N) is 4. The third-order valence-corrected chi connectivity index (χ3v) is 6.90. The summed E-state index contributed by atoms with van der Waals surface area (Å²) in [6.07, 6.45) is 6.91. The smallest absolute Gasteiger partial charge is 0.308 e. The molecule has 0 aliphatic carbocycles. The second-order valence-corrected chi connectivity index (χ2v) is 9.25. The first-order chi connectivity index (χ1) is 17.6. The van der Waals surface area contributed by atoms with E-state index < -0.39 is 0 Å². The van der Waals surface area contributed by atoms with Crippen molar-refractivity contribution in [3.05, 3.63) is 78.2 Å². The lowest BCUT2D eigenvalue weighted by Gasteiger charge is -2.28. The number of hydrogen-bond donors (Lipinski definition) is 0. The summed E-state index contributed by atoms with van der Waals surface area (Å²) in [5, 5.41) is 2.02. The lowest BCUT2D eigenvalue weighted by molar-refractivity contribution is -0.145. The topological polar surface area (TPSA) is 85.3 Å². The fourth-order valence-electron chi connectivity index (χ4n) is 5.06. The fraction of sp³-hybridized carbons (Fsp3) is 0.345. The van der Waals surface area contributed by atoms with Gasteiger partial charge in [0.25, 0.3) is 0 Å². The van der Waals surface area contributed by atoms with Crippen LogP contribution in [0.3, 0.4) is 0 Å². The van der Waals surface area contributed by atoms with Crippen LogP contribution in [0, 0.1) is 5.92 Å². The van der Waals surface area contributed by atoms with Crippen LogP contribution in [-0.2, 0) is 20.7 Å². The zero-order chi connectivity index (χ0) is 24.9. The Morgan fingerprint density at radius 2 is 1.97 bits per heavy atom. The SMILES string of the molecule is CCOC(=O)C[C@@H](c1cnc2ccccc2c1)N1CCC(CCCc2ccc3cccnc3n2)C1=O. The number of ether oxygens (including phenoxy) is 1. The number of likely N-dealkylation sites (tertiary alicyclic amines) is 1. The summed E-state index contributed by atoms with van der Waals surface area (Å²) < 4.78 is 5.24. The molecule has 0 spiro atoms. The number of amides is 1. The maximum Gasteiger partial charge on any atom is 0.308 e. The molecular weight excluding hydrogens is 452 g/mol. The highest BCUT2D eigenvalue weighted by molar-refractivity contribution is 5.83. The minimum absolute atomic E-state index is 0.0540. The summed E-state index contributed by atoms with van der Waals surface area (Å²) in [6, 6.07) is 17.5. The highest BCUT2D eigenvalue weighted by atomic mass is 16.5. The Morgan fingerprint density at radius 3 is 2.86 bits per heavy atom. The first kappa shape index (κ1) is 23.9. The van der Waals surface area contributed by atoms with Crippen LogP contribution in [0.15, 0.2) is 67.0 Å². The molecule has 7 heteroatoms. The van der Waals surface area contributed by atoms with Gasteiger partial charge in [-0.3, -0.25) is 14.6 Å². The molecule has 0 N–H and O–H groups in total. The van der Waals surface area contributed by atoms with E-state index in [2.05, 4.69) is 15.0 Å². The molecule has 184 valence electrons. The van der Waals surface area contributed by atoms with Gasteiger partial charge in [0.05, 0.1) is 24.6 Å². The van der Waals surface area contributed by atoms with Crippen molar-refractivity contribution in [3.8, 4) is 0 Å². The van der Waals surface area contributed by atoms with E-state index >= 15 is 0 Å². The summed E-state index contributed by atoms with van der Waals surface area (Å²) in [6.45, 7) is 2.73. The van der Waals surface area contributed by atoms with E-state index in [1.165, 1.54) is 0 Å². The summed E-state index contributed by atoms with van der Waals surface area (Å²) >= 11 is 0. The van der Waals surface area contributed by atoms with Gasteiger partial charge in [-0.2, -0.15) is 0 Å². The Kier molecular flexibility index (Phi) is 7.16. The van der Waals surface area contributed by atoms with Gasteiger partial charge in [0.1, 0.15) is 0 Å². The molecule has 0 radical (unpaired) electrons. The van der Waals surface area contributed by atoms with Crippen molar-refractivity contribution in [1.82, 2.24) is 19.9 Å². The number of esters is 1. The van der Waals surface area contributed by atoms with Crippen LogP contribution in [0.4, 0.5) is 0 Å². The molecule has 1 fully saturated rings. The number of carbonyl (C=O) groups is 2. The number of benzene rings is 1. The Bertz CT molecular complexity index is 1390. The maximum atomic E-state index is 13.5. The van der Waals surface area contributed by atoms with Crippen molar-refractivity contribution in [3.63, 3.8) is 0 Å². The first-order valence-electron chi connectivity index (χ1n) is 12.6. The molecule has 4 aromatic rings. The van der Waals surface area contributed by atoms with E-state index in [0.29, 0.717) is 13.2 Å². The zero-order valence-electron chi connectivity index (χ0n) is 20.5. The molecule has 4 heterocycles. The Balaban J connectivity index is 1.28. The second kappa shape index (κ2) is 10.8. The molecule has 1 aliphatic rings. The number of rotatable bonds is 9. The normalized spacial score (nSPS) is 16.5. The van der Waals surface area contributed by atoms with Gasteiger partial charge in [0.15, 0.2) is 5.65 Å². The Hall–Kier alpha value is -3.87. The molecule has 1 unspecified atom stereocenters. The van der Waals surface area contributed by atoms with Crippen LogP contribution in [0.2, 0.25) is 0 Å². The maximum absolute atomic E-state index is 13.5. The number of aryl methyl sites for hydroxylation is 1. The molecule has 0 bridgehead atoms. The predicted octanol–water partition coefficient (Wildman–Crippen LogP) is 5.04. The van der Waals surface area contributed by atoms with Crippen molar-refractivity contribution < 1.29 is 14.3 Å². The lowest BCUT2D eigenvalue weighted by Crippen LogP contribution is -2.33. The average Bonchev–Trinajstić information content (AvgIpc) is 3.27.